The van der Waals surface area contributed by atoms with Crippen LogP contribution >= 0.6 is 0 Å². The maximum atomic E-state index is 15.2. The van der Waals surface area contributed by atoms with Crippen molar-refractivity contribution < 1.29 is 123 Å². The topological polar surface area (TPSA) is 234 Å². The largest absolute Gasteiger partial charge is 0.573 e. The van der Waals surface area contributed by atoms with Gasteiger partial charge in [0.15, 0.2) is 11.6 Å². The van der Waals surface area contributed by atoms with Gasteiger partial charge in [-0.05, 0) is 84.9 Å². The number of primary amides is 2. The van der Waals surface area contributed by atoms with E-state index in [1.807, 2.05) is 5.32 Å². The number of benzene rings is 6. The number of alkyl halides is 12. The summed E-state index contributed by atoms with van der Waals surface area (Å²) in [5, 5.41) is 11.1. The number of hydrogen-bond acceptors (Lipinski definition) is 11. The maximum absolute atomic E-state index is 15.2. The highest BCUT2D eigenvalue weighted by atomic mass is 19.4. The number of carbonyl (C=O) groups excluding carboxylic acids is 3. The lowest BCUT2D eigenvalue weighted by atomic mass is 10.0. The zero-order valence-electron chi connectivity index (χ0n) is 38.0. The van der Waals surface area contributed by atoms with Crippen LogP contribution in [0, 0.1) is 23.3 Å². The molecule has 31 heteroatoms. The number of carbonyl (C=O) groups is 4. The van der Waals surface area contributed by atoms with Gasteiger partial charge in [-0.3, -0.25) is 14.4 Å². The molecule has 6 rings (SSSR count). The molecule has 0 spiro atoms. The summed E-state index contributed by atoms with van der Waals surface area (Å²) in [4.78, 5) is 46.0. The second-order valence-corrected chi connectivity index (χ2v) is 14.4. The molecule has 0 aromatic heterocycles. The van der Waals surface area contributed by atoms with E-state index >= 15 is 4.39 Å². The fraction of sp³-hybridized carbons (Fsp3) is 0.130. The second kappa shape index (κ2) is 23.9. The number of anilines is 2. The molecule has 0 aliphatic carbocycles. The molecular weight excluding hydrogens is 1090 g/mol. The first-order valence-corrected chi connectivity index (χ1v) is 20.1. The minimum absolute atomic E-state index is 0.176. The van der Waals surface area contributed by atoms with Gasteiger partial charge in [0.2, 0.25) is 0 Å². The molecule has 0 heterocycles. The first-order valence-electron chi connectivity index (χ1n) is 20.1. The Kier molecular flexibility index (Phi) is 18.7. The van der Waals surface area contributed by atoms with Gasteiger partial charge in [0.05, 0.1) is 25.3 Å². The van der Waals surface area contributed by atoms with Crippen molar-refractivity contribution in [2.75, 3.05) is 25.3 Å². The van der Waals surface area contributed by atoms with Crippen molar-refractivity contribution >= 4 is 35.1 Å². The SMILES string of the molecule is COc1cc(Oc2ccc(OC(F)(F)F)cc2)c(C(=O)Nc2ccc(F)c(C(N)=O)c2)c(F)c1C(F)(F)F.COc1cc(Oc2ccc(OC(F)(F)F)cc2)c(C(=O)O)c(F)c1C(F)(F)F.NC(=O)c1cc(N)ccc1F. The van der Waals surface area contributed by atoms with Crippen LogP contribution in [0.1, 0.15) is 52.6 Å². The number of halogens is 16. The third-order valence-electron chi connectivity index (χ3n) is 9.15. The lowest BCUT2D eigenvalue weighted by Gasteiger charge is -2.19. The summed E-state index contributed by atoms with van der Waals surface area (Å²) in [6.07, 6.45) is -20.6. The zero-order valence-corrected chi connectivity index (χ0v) is 38.0. The number of carboxylic acids is 1. The Hall–Kier alpha value is -9.32. The Balaban J connectivity index is 0.000000285. The molecule has 6 aromatic carbocycles. The number of carboxylic acid groups (broad SMARTS) is 1. The van der Waals surface area contributed by atoms with Gasteiger partial charge < -0.3 is 56.0 Å². The lowest BCUT2D eigenvalue weighted by molar-refractivity contribution is -0.275. The average molecular weight is 1120 g/mol. The number of ether oxygens (including phenoxy) is 6. The molecule has 0 radical (unpaired) electrons. The molecule has 0 aliphatic heterocycles. The van der Waals surface area contributed by atoms with E-state index in [0.29, 0.717) is 17.8 Å². The van der Waals surface area contributed by atoms with Crippen molar-refractivity contribution in [3.05, 3.63) is 154 Å². The minimum Gasteiger partial charge on any atom is -0.496 e. The van der Waals surface area contributed by atoms with E-state index in [0.717, 1.165) is 87.0 Å². The Morgan fingerprint density at radius 2 is 0.857 bits per heavy atom. The second-order valence-electron chi connectivity index (χ2n) is 14.4. The van der Waals surface area contributed by atoms with Crippen molar-refractivity contribution in [1.82, 2.24) is 0 Å². The van der Waals surface area contributed by atoms with Gasteiger partial charge in [0, 0.05) is 23.5 Å². The van der Waals surface area contributed by atoms with E-state index in [2.05, 4.69) is 18.9 Å². The fourth-order valence-corrected chi connectivity index (χ4v) is 6.02. The molecule has 0 saturated heterocycles. The van der Waals surface area contributed by atoms with Gasteiger partial charge >= 0.3 is 31.0 Å². The normalized spacial score (nSPS) is 11.4. The van der Waals surface area contributed by atoms with Crippen LogP contribution in [0.25, 0.3) is 0 Å². The van der Waals surface area contributed by atoms with Gasteiger partial charge in [-0.1, -0.05) is 0 Å². The highest BCUT2D eigenvalue weighted by Gasteiger charge is 2.43. The maximum Gasteiger partial charge on any atom is 0.573 e. The van der Waals surface area contributed by atoms with Crippen molar-refractivity contribution in [3.63, 3.8) is 0 Å². The number of rotatable bonds is 13. The number of methoxy groups -OCH3 is 2. The molecule has 0 fully saturated rings. The predicted molar refractivity (Wildman–Crippen MR) is 231 cm³/mol. The number of nitrogen functional groups attached to an aromatic ring is 1. The quantitative estimate of drug-likeness (QED) is 0.0537. The van der Waals surface area contributed by atoms with E-state index in [1.165, 1.54) is 12.1 Å². The summed E-state index contributed by atoms with van der Waals surface area (Å²) in [5.41, 5.74) is 7.68. The van der Waals surface area contributed by atoms with E-state index in [-0.39, 0.29) is 22.7 Å². The summed E-state index contributed by atoms with van der Waals surface area (Å²) in [5.74, 6) is -17.3. The first-order chi connectivity index (χ1) is 35.5. The lowest BCUT2D eigenvalue weighted by Crippen LogP contribution is -2.20. The summed E-state index contributed by atoms with van der Waals surface area (Å²) in [7, 11) is 1.60. The summed E-state index contributed by atoms with van der Waals surface area (Å²) in [6.45, 7) is 0. The summed E-state index contributed by atoms with van der Waals surface area (Å²) < 4.78 is 236. The van der Waals surface area contributed by atoms with Gasteiger partial charge in [-0.2, -0.15) is 26.3 Å². The fourth-order valence-electron chi connectivity index (χ4n) is 6.02. The molecule has 15 nitrogen and oxygen atoms in total. The van der Waals surface area contributed by atoms with Crippen molar-refractivity contribution in [2.45, 2.75) is 25.1 Å². The number of amides is 3. The Morgan fingerprint density at radius 3 is 1.21 bits per heavy atom. The molecule has 0 aliphatic rings. The predicted octanol–water partition coefficient (Wildman–Crippen LogP) is 11.8. The Bertz CT molecular complexity index is 3150. The summed E-state index contributed by atoms with van der Waals surface area (Å²) in [6, 6.07) is 14.0. The molecule has 412 valence electrons. The van der Waals surface area contributed by atoms with Crippen LogP contribution < -0.4 is 50.9 Å². The van der Waals surface area contributed by atoms with E-state index in [9.17, 15) is 85.0 Å². The van der Waals surface area contributed by atoms with E-state index < -0.39 is 134 Å². The highest BCUT2D eigenvalue weighted by molar-refractivity contribution is 6.07. The van der Waals surface area contributed by atoms with E-state index in [1.54, 1.807) is 0 Å². The molecule has 0 saturated carbocycles. The number of aromatic carboxylic acids is 1. The van der Waals surface area contributed by atoms with Crippen LogP contribution in [0.5, 0.6) is 46.0 Å². The van der Waals surface area contributed by atoms with Crippen molar-refractivity contribution in [3.8, 4) is 46.0 Å². The molecule has 77 heavy (non-hydrogen) atoms. The molecular formula is C46H30F16N4O11. The third kappa shape index (κ3) is 16.3. The highest BCUT2D eigenvalue weighted by Crippen LogP contribution is 2.46. The standard InChI is InChI=1S/C23H14F8N2O5.C16H9F7O5.C7H7FN2O/c1-36-16-9-15(37-11-3-5-12(6-4-11)38-23(29,30)31)17(19(25)18(16)22(26,27)28)21(35)33-10-2-7-14(24)13(8-10)20(32)34;1-26-10-6-9(11(14(24)25)13(17)12(10)15(18,19)20)27-7-2-4-8(5-3-7)28-16(21,22)23;8-6-2-1-4(9)3-5(6)7(10)11/h2-9H,1H3,(H2,32,34)(H,33,35);2-6H,1H3,(H,24,25);1-3H,9H2,(H2,10,11). The van der Waals surface area contributed by atoms with Gasteiger partial charge in [-0.25, -0.2) is 22.4 Å². The Morgan fingerprint density at radius 1 is 0.494 bits per heavy atom. The molecule has 8 N–H and O–H groups in total. The van der Waals surface area contributed by atoms with Crippen molar-refractivity contribution in [2.24, 2.45) is 11.5 Å². The van der Waals surface area contributed by atoms with Gasteiger partial charge in [-0.15, -0.1) is 26.3 Å². The summed E-state index contributed by atoms with van der Waals surface area (Å²) >= 11 is 0. The number of nitrogens with one attached hydrogen (secondary N) is 1. The minimum atomic E-state index is -5.34. The van der Waals surface area contributed by atoms with Gasteiger partial charge in [0.1, 0.15) is 79.9 Å². The first kappa shape index (κ1) is 60.2. The van der Waals surface area contributed by atoms with Crippen LogP contribution in [0.2, 0.25) is 0 Å². The smallest absolute Gasteiger partial charge is 0.496 e. The molecule has 0 bridgehead atoms. The molecule has 3 amide bonds. The third-order valence-corrected chi connectivity index (χ3v) is 9.15. The Labute approximate surface area is 419 Å². The van der Waals surface area contributed by atoms with Crippen LogP contribution in [-0.2, 0) is 12.4 Å². The van der Waals surface area contributed by atoms with Gasteiger partial charge in [0.25, 0.3) is 17.7 Å². The number of hydrogen-bond donors (Lipinski definition) is 5. The molecule has 6 aromatic rings. The monoisotopic (exact) mass is 1120 g/mol. The van der Waals surface area contributed by atoms with Crippen molar-refractivity contribution in [1.29, 1.82) is 0 Å². The van der Waals surface area contributed by atoms with Crippen LogP contribution in [0.4, 0.5) is 81.6 Å². The van der Waals surface area contributed by atoms with E-state index in [4.69, 9.17) is 31.8 Å². The zero-order chi connectivity index (χ0) is 58.1. The number of nitrogens with two attached hydrogens (primary N) is 3. The molecule has 0 atom stereocenters. The average Bonchev–Trinajstić information content (AvgIpc) is 3.29. The van der Waals surface area contributed by atoms with Crippen LogP contribution in [0.15, 0.2) is 97.1 Å². The molecule has 0 unspecified atom stereocenters. The van der Waals surface area contributed by atoms with Crippen LogP contribution in [-0.4, -0.2) is 55.7 Å². The van der Waals surface area contributed by atoms with Crippen LogP contribution in [0.3, 0.4) is 0 Å².